The molecule has 1 N–H and O–H groups in total. The van der Waals surface area contributed by atoms with Gasteiger partial charge in [-0.15, -0.1) is 10.2 Å². The molecule has 6 heteroatoms. The Kier molecular flexibility index (Phi) is 3.24. The van der Waals surface area contributed by atoms with Crippen LogP contribution < -0.4 is 5.32 Å². The van der Waals surface area contributed by atoms with E-state index in [1.54, 1.807) is 17.0 Å². The van der Waals surface area contributed by atoms with E-state index in [2.05, 4.69) is 15.5 Å². The molecule has 0 radical (unpaired) electrons. The van der Waals surface area contributed by atoms with Gasteiger partial charge in [-0.2, -0.15) is 0 Å². The fourth-order valence-electron chi connectivity index (χ4n) is 1.73. The molecule has 0 aliphatic carbocycles. The summed E-state index contributed by atoms with van der Waals surface area (Å²) in [6.07, 6.45) is 1.41. The average Bonchev–Trinajstić information content (AvgIpc) is 2.27. The Morgan fingerprint density at radius 2 is 2.31 bits per heavy atom. The van der Waals surface area contributed by atoms with Crippen molar-refractivity contribution in [3.63, 3.8) is 0 Å². The monoisotopic (exact) mass is 240 g/mol. The number of likely N-dealkylation sites (tertiary alicyclic amines) is 1. The third kappa shape index (κ3) is 2.61. The van der Waals surface area contributed by atoms with E-state index >= 15 is 0 Å². The molecule has 2 rings (SSSR count). The van der Waals surface area contributed by atoms with Gasteiger partial charge in [0.25, 0.3) is 0 Å². The van der Waals surface area contributed by atoms with E-state index in [1.165, 1.54) is 0 Å². The van der Waals surface area contributed by atoms with Gasteiger partial charge in [0.15, 0.2) is 5.15 Å². The molecule has 0 bridgehead atoms. The molecule has 86 valence electrons. The quantitative estimate of drug-likeness (QED) is 0.843. The molecule has 1 fully saturated rings. The van der Waals surface area contributed by atoms with Crippen LogP contribution in [0.25, 0.3) is 0 Å². The summed E-state index contributed by atoms with van der Waals surface area (Å²) in [6, 6.07) is 3.71. The molecule has 1 saturated heterocycles. The van der Waals surface area contributed by atoms with Crippen molar-refractivity contribution in [2.24, 2.45) is 0 Å². The smallest absolute Gasteiger partial charge is 0.222 e. The molecule has 1 aromatic rings. The number of anilines is 1. The summed E-state index contributed by atoms with van der Waals surface area (Å²) in [5.74, 6) is 0.886. The Labute approximate surface area is 98.8 Å². The van der Waals surface area contributed by atoms with Crippen LogP contribution >= 0.6 is 11.6 Å². The number of hydrogen-bond donors (Lipinski definition) is 1. The molecule has 1 aliphatic rings. The van der Waals surface area contributed by atoms with Crippen molar-refractivity contribution in [3.05, 3.63) is 17.3 Å². The number of hydrogen-bond acceptors (Lipinski definition) is 4. The van der Waals surface area contributed by atoms with Crippen molar-refractivity contribution in [3.8, 4) is 0 Å². The van der Waals surface area contributed by atoms with E-state index in [-0.39, 0.29) is 11.9 Å². The van der Waals surface area contributed by atoms with E-state index in [0.29, 0.717) is 23.9 Å². The summed E-state index contributed by atoms with van der Waals surface area (Å²) in [5, 5.41) is 11.3. The number of piperidine rings is 1. The summed E-state index contributed by atoms with van der Waals surface area (Å²) >= 11 is 5.64. The molecule has 1 aromatic heterocycles. The Morgan fingerprint density at radius 3 is 2.94 bits per heavy atom. The fraction of sp³-hybridized carbons (Fsp3) is 0.500. The molecule has 1 unspecified atom stereocenters. The highest BCUT2D eigenvalue weighted by Gasteiger charge is 2.22. The Balaban J connectivity index is 1.95. The molecule has 16 heavy (non-hydrogen) atoms. The second kappa shape index (κ2) is 4.65. The number of nitrogens with zero attached hydrogens (tertiary/aromatic N) is 3. The molecule has 0 aromatic carbocycles. The highest BCUT2D eigenvalue weighted by molar-refractivity contribution is 6.29. The number of nitrogens with one attached hydrogen (secondary N) is 1. The number of carbonyl (C=O) groups is 1. The third-order valence-corrected chi connectivity index (χ3v) is 2.81. The second-order valence-corrected chi connectivity index (χ2v) is 4.28. The zero-order valence-corrected chi connectivity index (χ0v) is 9.74. The summed E-state index contributed by atoms with van der Waals surface area (Å²) in [4.78, 5) is 13.0. The van der Waals surface area contributed by atoms with Gasteiger partial charge in [-0.1, -0.05) is 11.6 Å². The topological polar surface area (TPSA) is 58.1 Å². The van der Waals surface area contributed by atoms with E-state index in [1.807, 2.05) is 7.05 Å². The van der Waals surface area contributed by atoms with E-state index in [0.717, 1.165) is 6.42 Å². The van der Waals surface area contributed by atoms with Crippen molar-refractivity contribution in [2.45, 2.75) is 18.9 Å². The largest absolute Gasteiger partial charge is 0.364 e. The van der Waals surface area contributed by atoms with Gasteiger partial charge in [0.05, 0.1) is 0 Å². The SMILES string of the molecule is CN1CC(Nc2ccc(Cl)nn2)CCC1=O. The van der Waals surface area contributed by atoms with Crippen LogP contribution in [0.15, 0.2) is 12.1 Å². The van der Waals surface area contributed by atoms with Crippen LogP contribution in [-0.4, -0.2) is 40.6 Å². The fourth-order valence-corrected chi connectivity index (χ4v) is 1.83. The summed E-state index contributed by atoms with van der Waals surface area (Å²) < 4.78 is 0. The molecule has 0 saturated carbocycles. The minimum atomic E-state index is 0.195. The zero-order chi connectivity index (χ0) is 11.5. The average molecular weight is 241 g/mol. The summed E-state index contributed by atoms with van der Waals surface area (Å²) in [6.45, 7) is 0.698. The molecular weight excluding hydrogens is 228 g/mol. The first-order valence-electron chi connectivity index (χ1n) is 5.15. The normalized spacial score (nSPS) is 21.0. The molecule has 1 atom stereocenters. The van der Waals surface area contributed by atoms with Crippen LogP contribution in [0.4, 0.5) is 5.82 Å². The highest BCUT2D eigenvalue weighted by atomic mass is 35.5. The lowest BCUT2D eigenvalue weighted by Crippen LogP contribution is -2.43. The predicted octanol–water partition coefficient (Wildman–Crippen LogP) is 1.16. The molecule has 1 amide bonds. The Hall–Kier alpha value is -1.36. The maximum Gasteiger partial charge on any atom is 0.222 e. The maximum atomic E-state index is 11.3. The number of likely N-dealkylation sites (N-methyl/N-ethyl adjacent to an activating group) is 1. The van der Waals surface area contributed by atoms with Gasteiger partial charge in [-0.05, 0) is 18.6 Å². The van der Waals surface area contributed by atoms with Crippen LogP contribution in [0.3, 0.4) is 0 Å². The highest BCUT2D eigenvalue weighted by Crippen LogP contribution is 2.14. The van der Waals surface area contributed by atoms with E-state index < -0.39 is 0 Å². The Bertz CT molecular complexity index is 381. The van der Waals surface area contributed by atoms with Crippen molar-refractivity contribution >= 4 is 23.3 Å². The maximum absolute atomic E-state index is 11.3. The molecule has 5 nitrogen and oxygen atoms in total. The van der Waals surface area contributed by atoms with Crippen molar-refractivity contribution in [1.29, 1.82) is 0 Å². The first-order chi connectivity index (χ1) is 7.65. The Morgan fingerprint density at radius 1 is 1.50 bits per heavy atom. The van der Waals surface area contributed by atoms with Gasteiger partial charge in [0.1, 0.15) is 5.82 Å². The van der Waals surface area contributed by atoms with Crippen molar-refractivity contribution < 1.29 is 4.79 Å². The number of rotatable bonds is 2. The van der Waals surface area contributed by atoms with Gasteiger partial charge in [-0.3, -0.25) is 4.79 Å². The number of amides is 1. The van der Waals surface area contributed by atoms with Crippen LogP contribution in [0.5, 0.6) is 0 Å². The van der Waals surface area contributed by atoms with Crippen LogP contribution in [0.1, 0.15) is 12.8 Å². The predicted molar refractivity (Wildman–Crippen MR) is 61.3 cm³/mol. The molecular formula is C10H13ClN4O. The van der Waals surface area contributed by atoms with E-state index in [4.69, 9.17) is 11.6 Å². The summed E-state index contributed by atoms with van der Waals surface area (Å²) in [7, 11) is 1.81. The second-order valence-electron chi connectivity index (χ2n) is 3.90. The van der Waals surface area contributed by atoms with Gasteiger partial charge in [-0.25, -0.2) is 0 Å². The lowest BCUT2D eigenvalue weighted by molar-refractivity contribution is -0.132. The van der Waals surface area contributed by atoms with Crippen LogP contribution in [0.2, 0.25) is 5.15 Å². The minimum Gasteiger partial charge on any atom is -0.364 e. The van der Waals surface area contributed by atoms with Crippen LogP contribution in [0, 0.1) is 0 Å². The number of halogens is 1. The number of aromatic nitrogens is 2. The third-order valence-electron chi connectivity index (χ3n) is 2.61. The standard InChI is InChI=1S/C10H13ClN4O/c1-15-6-7(2-5-10(15)16)12-9-4-3-8(11)13-14-9/h3-4,7H,2,5-6H2,1H3,(H,12,14). The first kappa shape index (κ1) is 11.1. The molecule has 1 aliphatic heterocycles. The molecule has 2 heterocycles. The van der Waals surface area contributed by atoms with Gasteiger partial charge in [0.2, 0.25) is 5.91 Å². The summed E-state index contributed by atoms with van der Waals surface area (Å²) in [5.41, 5.74) is 0. The van der Waals surface area contributed by atoms with Gasteiger partial charge >= 0.3 is 0 Å². The lowest BCUT2D eigenvalue weighted by atomic mass is 10.1. The zero-order valence-electron chi connectivity index (χ0n) is 8.98. The minimum absolute atomic E-state index is 0.195. The van der Waals surface area contributed by atoms with Crippen molar-refractivity contribution in [1.82, 2.24) is 15.1 Å². The van der Waals surface area contributed by atoms with Crippen molar-refractivity contribution in [2.75, 3.05) is 18.9 Å². The molecule has 0 spiro atoms. The van der Waals surface area contributed by atoms with E-state index in [9.17, 15) is 4.79 Å². The number of carbonyl (C=O) groups excluding carboxylic acids is 1. The first-order valence-corrected chi connectivity index (χ1v) is 5.52. The van der Waals surface area contributed by atoms with Gasteiger partial charge in [0, 0.05) is 26.1 Å². The van der Waals surface area contributed by atoms with Crippen LogP contribution in [-0.2, 0) is 4.79 Å². The van der Waals surface area contributed by atoms with Gasteiger partial charge < -0.3 is 10.2 Å². The lowest BCUT2D eigenvalue weighted by Gasteiger charge is -2.30.